The molecule has 1 aliphatic carbocycles. The summed E-state index contributed by atoms with van der Waals surface area (Å²) in [5.74, 6) is -1.31. The SMILES string of the molecule is CC1=C(C)C[C@H](C(=O)N2CCN(c3ncccn3)CC2)[C@@H](C(=O)O)C1. The third-order valence-electron chi connectivity index (χ3n) is 5.33. The van der Waals surface area contributed by atoms with Crippen LogP contribution in [0, 0.1) is 11.8 Å². The molecule has 3 rings (SSSR count). The minimum absolute atomic E-state index is 0.0344. The summed E-state index contributed by atoms with van der Waals surface area (Å²) in [6.07, 6.45) is 4.42. The highest BCUT2D eigenvalue weighted by Gasteiger charge is 2.39. The van der Waals surface area contributed by atoms with Crippen LogP contribution in [0.5, 0.6) is 0 Å². The van der Waals surface area contributed by atoms with Crippen molar-refractivity contribution in [2.24, 2.45) is 11.8 Å². The maximum absolute atomic E-state index is 13.0. The van der Waals surface area contributed by atoms with Gasteiger partial charge in [0.25, 0.3) is 0 Å². The number of hydrogen-bond acceptors (Lipinski definition) is 5. The van der Waals surface area contributed by atoms with E-state index in [4.69, 9.17) is 0 Å². The number of nitrogens with zero attached hydrogens (tertiary/aromatic N) is 4. The van der Waals surface area contributed by atoms with Crippen LogP contribution in [0.3, 0.4) is 0 Å². The Morgan fingerprint density at radius 1 is 1.00 bits per heavy atom. The Kier molecular flexibility index (Phi) is 5.01. The maximum atomic E-state index is 13.0. The molecule has 7 nitrogen and oxygen atoms in total. The Balaban J connectivity index is 1.66. The van der Waals surface area contributed by atoms with E-state index in [2.05, 4.69) is 14.9 Å². The number of allylic oxidation sites excluding steroid dienone is 2. The third-order valence-corrected chi connectivity index (χ3v) is 5.33. The maximum Gasteiger partial charge on any atom is 0.307 e. The Morgan fingerprint density at radius 2 is 1.56 bits per heavy atom. The zero-order chi connectivity index (χ0) is 18.0. The van der Waals surface area contributed by atoms with Gasteiger partial charge >= 0.3 is 5.97 Å². The summed E-state index contributed by atoms with van der Waals surface area (Å²) >= 11 is 0. The Hall–Kier alpha value is -2.44. The van der Waals surface area contributed by atoms with Crippen LogP contribution in [0.4, 0.5) is 5.95 Å². The molecule has 1 aliphatic heterocycles. The molecule has 1 saturated heterocycles. The van der Waals surface area contributed by atoms with Gasteiger partial charge in [0.05, 0.1) is 11.8 Å². The number of rotatable bonds is 3. The number of aliphatic carboxylic acids is 1. The fraction of sp³-hybridized carbons (Fsp3) is 0.556. The number of piperazine rings is 1. The highest BCUT2D eigenvalue weighted by Crippen LogP contribution is 2.35. The van der Waals surface area contributed by atoms with Crippen LogP contribution in [0.1, 0.15) is 26.7 Å². The summed E-state index contributed by atoms with van der Waals surface area (Å²) < 4.78 is 0. The van der Waals surface area contributed by atoms with Gasteiger partial charge in [0.15, 0.2) is 0 Å². The molecule has 134 valence electrons. The van der Waals surface area contributed by atoms with Crippen molar-refractivity contribution in [1.29, 1.82) is 0 Å². The lowest BCUT2D eigenvalue weighted by atomic mass is 9.76. The quantitative estimate of drug-likeness (QED) is 0.838. The van der Waals surface area contributed by atoms with E-state index in [0.717, 1.165) is 11.1 Å². The summed E-state index contributed by atoms with van der Waals surface area (Å²) in [5, 5.41) is 9.53. The van der Waals surface area contributed by atoms with E-state index in [1.807, 2.05) is 13.8 Å². The Bertz CT molecular complexity index is 681. The van der Waals surface area contributed by atoms with Gasteiger partial charge in [-0.25, -0.2) is 9.97 Å². The number of amides is 1. The smallest absolute Gasteiger partial charge is 0.307 e. The van der Waals surface area contributed by atoms with Gasteiger partial charge in [0.2, 0.25) is 11.9 Å². The molecule has 1 amide bonds. The van der Waals surface area contributed by atoms with Crippen LogP contribution in [0.2, 0.25) is 0 Å². The third kappa shape index (κ3) is 3.65. The summed E-state index contributed by atoms with van der Waals surface area (Å²) in [4.78, 5) is 36.9. The number of aromatic nitrogens is 2. The van der Waals surface area contributed by atoms with E-state index >= 15 is 0 Å². The van der Waals surface area contributed by atoms with Gasteiger partial charge in [-0.3, -0.25) is 9.59 Å². The van der Waals surface area contributed by atoms with Gasteiger partial charge in [0, 0.05) is 38.6 Å². The van der Waals surface area contributed by atoms with Crippen LogP contribution in [-0.2, 0) is 9.59 Å². The molecule has 2 aliphatic rings. The Labute approximate surface area is 147 Å². The van der Waals surface area contributed by atoms with Crippen molar-refractivity contribution in [3.05, 3.63) is 29.6 Å². The first-order valence-corrected chi connectivity index (χ1v) is 8.66. The van der Waals surface area contributed by atoms with E-state index in [9.17, 15) is 14.7 Å². The van der Waals surface area contributed by atoms with Crippen molar-refractivity contribution < 1.29 is 14.7 Å². The summed E-state index contributed by atoms with van der Waals surface area (Å²) in [5.41, 5.74) is 2.25. The normalized spacial score (nSPS) is 24.4. The predicted octanol–water partition coefficient (Wildman–Crippen LogP) is 1.57. The van der Waals surface area contributed by atoms with Crippen molar-refractivity contribution in [2.45, 2.75) is 26.7 Å². The molecule has 25 heavy (non-hydrogen) atoms. The van der Waals surface area contributed by atoms with Crippen molar-refractivity contribution >= 4 is 17.8 Å². The lowest BCUT2D eigenvalue weighted by Crippen LogP contribution is -2.52. The number of carbonyl (C=O) groups is 2. The zero-order valence-electron chi connectivity index (χ0n) is 14.7. The molecule has 0 bridgehead atoms. The molecule has 1 fully saturated rings. The molecule has 0 unspecified atom stereocenters. The van der Waals surface area contributed by atoms with E-state index < -0.39 is 17.8 Å². The van der Waals surface area contributed by atoms with Crippen molar-refractivity contribution in [2.75, 3.05) is 31.1 Å². The van der Waals surface area contributed by atoms with Gasteiger partial charge in [-0.1, -0.05) is 11.1 Å². The van der Waals surface area contributed by atoms with Gasteiger partial charge in [-0.2, -0.15) is 0 Å². The summed E-state index contributed by atoms with van der Waals surface area (Å²) in [6, 6.07) is 1.77. The molecule has 2 atom stereocenters. The molecule has 0 spiro atoms. The van der Waals surface area contributed by atoms with Crippen molar-refractivity contribution in [1.82, 2.24) is 14.9 Å². The van der Waals surface area contributed by atoms with Gasteiger partial charge in [-0.15, -0.1) is 0 Å². The Morgan fingerprint density at radius 3 is 2.12 bits per heavy atom. The second kappa shape index (κ2) is 7.21. The number of carbonyl (C=O) groups excluding carboxylic acids is 1. The van der Waals surface area contributed by atoms with E-state index in [-0.39, 0.29) is 5.91 Å². The predicted molar refractivity (Wildman–Crippen MR) is 93.0 cm³/mol. The molecule has 0 aromatic carbocycles. The minimum atomic E-state index is -0.874. The molecular weight excluding hydrogens is 320 g/mol. The number of anilines is 1. The molecular formula is C18H24N4O3. The zero-order valence-corrected chi connectivity index (χ0v) is 14.7. The van der Waals surface area contributed by atoms with Crippen LogP contribution in [-0.4, -0.2) is 58.0 Å². The second-order valence-corrected chi connectivity index (χ2v) is 6.88. The standard InChI is InChI=1S/C18H24N4O3/c1-12-10-14(15(17(24)25)11-13(12)2)16(23)21-6-8-22(9-7-21)18-19-4-3-5-20-18/h3-5,14-15H,6-11H2,1-2H3,(H,24,25)/t14-,15-/m0/s1. The van der Waals surface area contributed by atoms with Crippen LogP contribution < -0.4 is 4.90 Å². The average molecular weight is 344 g/mol. The molecule has 7 heteroatoms. The summed E-state index contributed by atoms with van der Waals surface area (Å²) in [6.45, 7) is 6.43. The largest absolute Gasteiger partial charge is 0.481 e. The molecule has 1 aromatic rings. The first-order valence-electron chi connectivity index (χ1n) is 8.66. The number of hydrogen-bond donors (Lipinski definition) is 1. The van der Waals surface area contributed by atoms with Crippen molar-refractivity contribution in [3.63, 3.8) is 0 Å². The van der Waals surface area contributed by atoms with Crippen LogP contribution in [0.15, 0.2) is 29.6 Å². The van der Waals surface area contributed by atoms with Gasteiger partial charge in [-0.05, 0) is 32.8 Å². The highest BCUT2D eigenvalue weighted by molar-refractivity contribution is 5.86. The molecule has 1 aromatic heterocycles. The number of carboxylic acid groups (broad SMARTS) is 1. The highest BCUT2D eigenvalue weighted by atomic mass is 16.4. The lowest BCUT2D eigenvalue weighted by Gasteiger charge is -2.38. The summed E-state index contributed by atoms with van der Waals surface area (Å²) in [7, 11) is 0. The van der Waals surface area contributed by atoms with Gasteiger partial charge < -0.3 is 14.9 Å². The molecule has 0 radical (unpaired) electrons. The van der Waals surface area contributed by atoms with Crippen LogP contribution in [0.25, 0.3) is 0 Å². The van der Waals surface area contributed by atoms with E-state index in [0.29, 0.717) is 45.0 Å². The van der Waals surface area contributed by atoms with Crippen molar-refractivity contribution in [3.8, 4) is 0 Å². The van der Waals surface area contributed by atoms with E-state index in [1.54, 1.807) is 23.4 Å². The fourth-order valence-electron chi connectivity index (χ4n) is 3.63. The first kappa shape index (κ1) is 17.4. The van der Waals surface area contributed by atoms with Crippen LogP contribution >= 0.6 is 0 Å². The van der Waals surface area contributed by atoms with E-state index in [1.165, 1.54) is 0 Å². The first-order chi connectivity index (χ1) is 12.0. The second-order valence-electron chi connectivity index (χ2n) is 6.88. The fourth-order valence-corrected chi connectivity index (χ4v) is 3.63. The topological polar surface area (TPSA) is 86.6 Å². The molecule has 0 saturated carbocycles. The average Bonchev–Trinajstić information content (AvgIpc) is 2.63. The number of carboxylic acids is 1. The monoisotopic (exact) mass is 344 g/mol. The molecule has 2 heterocycles. The lowest BCUT2D eigenvalue weighted by molar-refractivity contribution is -0.151. The molecule has 1 N–H and O–H groups in total. The van der Waals surface area contributed by atoms with Gasteiger partial charge in [0.1, 0.15) is 0 Å². The minimum Gasteiger partial charge on any atom is -0.481 e.